The van der Waals surface area contributed by atoms with Gasteiger partial charge in [-0.2, -0.15) is 13.2 Å². The summed E-state index contributed by atoms with van der Waals surface area (Å²) < 4.78 is 38.3. The van der Waals surface area contributed by atoms with E-state index in [1.807, 2.05) is 0 Å². The van der Waals surface area contributed by atoms with E-state index >= 15 is 0 Å². The smallest absolute Gasteiger partial charge is 0.396 e. The lowest BCUT2D eigenvalue weighted by Gasteiger charge is -2.36. The van der Waals surface area contributed by atoms with Crippen LogP contribution in [0.25, 0.3) is 0 Å². The lowest BCUT2D eigenvalue weighted by Crippen LogP contribution is -2.45. The minimum Gasteiger partial charge on any atom is -0.396 e. The van der Waals surface area contributed by atoms with E-state index in [2.05, 4.69) is 10.2 Å². The van der Waals surface area contributed by atoms with E-state index in [0.717, 1.165) is 26.2 Å². The summed E-state index contributed by atoms with van der Waals surface area (Å²) in [6, 6.07) is 6.64. The van der Waals surface area contributed by atoms with E-state index in [4.69, 9.17) is 5.11 Å². The number of thioether (sulfide) groups is 1. The van der Waals surface area contributed by atoms with Crippen molar-refractivity contribution in [2.75, 3.05) is 32.8 Å². The van der Waals surface area contributed by atoms with Gasteiger partial charge in [0.1, 0.15) is 0 Å². The monoisotopic (exact) mass is 334 g/mol. The molecule has 1 saturated heterocycles. The molecule has 0 aromatic heterocycles. The van der Waals surface area contributed by atoms with E-state index in [0.29, 0.717) is 18.4 Å². The fraction of sp³-hybridized carbons (Fsp3) is 0.600. The molecule has 1 aromatic rings. The molecule has 0 saturated carbocycles. The van der Waals surface area contributed by atoms with Crippen LogP contribution in [0.1, 0.15) is 24.4 Å². The first-order chi connectivity index (χ1) is 10.5. The van der Waals surface area contributed by atoms with E-state index in [-0.39, 0.29) is 29.3 Å². The van der Waals surface area contributed by atoms with Crippen LogP contribution in [0, 0.1) is 0 Å². The van der Waals surface area contributed by atoms with Gasteiger partial charge in [0.15, 0.2) is 0 Å². The zero-order chi connectivity index (χ0) is 16.0. The number of aliphatic hydroxyl groups is 1. The van der Waals surface area contributed by atoms with Gasteiger partial charge in [0, 0.05) is 43.7 Å². The third-order valence-corrected chi connectivity index (χ3v) is 4.55. The highest BCUT2D eigenvalue weighted by molar-refractivity contribution is 8.00. The molecule has 1 aliphatic heterocycles. The zero-order valence-electron chi connectivity index (χ0n) is 12.3. The summed E-state index contributed by atoms with van der Waals surface area (Å²) in [5.74, 6) is 0. The third kappa shape index (κ3) is 5.15. The Morgan fingerprint density at radius 3 is 2.55 bits per heavy atom. The summed E-state index contributed by atoms with van der Waals surface area (Å²) in [4.78, 5) is 2.47. The summed E-state index contributed by atoms with van der Waals surface area (Å²) in [6.07, 6.45) is 1.24. The van der Waals surface area contributed by atoms with Gasteiger partial charge in [0.25, 0.3) is 0 Å². The molecule has 0 unspecified atom stereocenters. The summed E-state index contributed by atoms with van der Waals surface area (Å²) in [7, 11) is 0. The van der Waals surface area contributed by atoms with Crippen molar-refractivity contribution in [3.63, 3.8) is 0 Å². The van der Waals surface area contributed by atoms with E-state index in [9.17, 15) is 13.2 Å². The maximum Gasteiger partial charge on any atom is 0.446 e. The molecular formula is C15H21F3N2OS. The molecule has 2 rings (SSSR count). The number of hydrogen-bond acceptors (Lipinski definition) is 4. The van der Waals surface area contributed by atoms with E-state index < -0.39 is 5.51 Å². The SMILES string of the molecule is OCCC[C@H](c1ccccc1SC(F)(F)F)N1CCNCC1. The lowest BCUT2D eigenvalue weighted by molar-refractivity contribution is -0.0328. The fourth-order valence-electron chi connectivity index (χ4n) is 2.79. The molecule has 2 N–H and O–H groups in total. The van der Waals surface area contributed by atoms with Gasteiger partial charge in [-0.05, 0) is 36.2 Å². The van der Waals surface area contributed by atoms with Gasteiger partial charge >= 0.3 is 5.51 Å². The highest BCUT2D eigenvalue weighted by Gasteiger charge is 2.32. The number of benzene rings is 1. The Labute approximate surface area is 132 Å². The molecule has 7 heteroatoms. The van der Waals surface area contributed by atoms with Crippen molar-refractivity contribution in [2.24, 2.45) is 0 Å². The van der Waals surface area contributed by atoms with Crippen molar-refractivity contribution in [1.29, 1.82) is 0 Å². The second-order valence-electron chi connectivity index (χ2n) is 5.25. The summed E-state index contributed by atoms with van der Waals surface area (Å²) >= 11 is -0.0516. The van der Waals surface area contributed by atoms with Crippen LogP contribution in [-0.4, -0.2) is 48.3 Å². The van der Waals surface area contributed by atoms with E-state index in [1.165, 1.54) is 6.07 Å². The largest absolute Gasteiger partial charge is 0.446 e. The summed E-state index contributed by atoms with van der Waals surface area (Å²) in [5, 5.41) is 12.4. The maximum absolute atomic E-state index is 12.8. The minimum absolute atomic E-state index is 0.0516. The molecule has 0 spiro atoms. The fourth-order valence-corrected chi connectivity index (χ4v) is 3.50. The van der Waals surface area contributed by atoms with Gasteiger partial charge < -0.3 is 10.4 Å². The van der Waals surface area contributed by atoms with Crippen molar-refractivity contribution in [3.8, 4) is 0 Å². The molecule has 1 heterocycles. The standard InChI is InChI=1S/C15H21F3N2OS/c16-15(17,18)22-14-6-2-1-4-12(14)13(5-3-11-21)20-9-7-19-8-10-20/h1-2,4,6,13,19,21H,3,5,7-11H2/t13-/m1/s1. The Balaban J connectivity index is 2.25. The zero-order valence-corrected chi connectivity index (χ0v) is 13.1. The average molecular weight is 334 g/mol. The highest BCUT2D eigenvalue weighted by atomic mass is 32.2. The average Bonchev–Trinajstić information content (AvgIpc) is 2.49. The molecule has 1 aliphatic rings. The lowest BCUT2D eigenvalue weighted by atomic mass is 9.99. The first kappa shape index (κ1) is 17.6. The summed E-state index contributed by atoms with van der Waals surface area (Å²) in [5.41, 5.74) is -3.58. The number of hydrogen-bond donors (Lipinski definition) is 2. The van der Waals surface area contributed by atoms with Crippen LogP contribution in [0.3, 0.4) is 0 Å². The number of piperazine rings is 1. The van der Waals surface area contributed by atoms with Crippen LogP contribution in [-0.2, 0) is 0 Å². The minimum atomic E-state index is -4.29. The van der Waals surface area contributed by atoms with Crippen LogP contribution in [0.4, 0.5) is 13.2 Å². The number of rotatable bonds is 6. The Morgan fingerprint density at radius 2 is 1.91 bits per heavy atom. The number of aliphatic hydroxyl groups excluding tert-OH is 1. The molecule has 22 heavy (non-hydrogen) atoms. The second-order valence-corrected chi connectivity index (χ2v) is 6.36. The molecule has 0 amide bonds. The first-order valence-corrected chi connectivity index (χ1v) is 8.23. The van der Waals surface area contributed by atoms with Crippen molar-refractivity contribution in [3.05, 3.63) is 29.8 Å². The van der Waals surface area contributed by atoms with Crippen LogP contribution in [0.2, 0.25) is 0 Å². The molecule has 1 atom stereocenters. The molecule has 0 aliphatic carbocycles. The van der Waals surface area contributed by atoms with Crippen LogP contribution < -0.4 is 5.32 Å². The number of nitrogens with zero attached hydrogens (tertiary/aromatic N) is 1. The van der Waals surface area contributed by atoms with Crippen molar-refractivity contribution >= 4 is 11.8 Å². The Kier molecular flexibility index (Phi) is 6.55. The molecule has 3 nitrogen and oxygen atoms in total. The second kappa shape index (κ2) is 8.19. The molecule has 124 valence electrons. The number of alkyl halides is 3. The van der Waals surface area contributed by atoms with Crippen molar-refractivity contribution in [2.45, 2.75) is 29.3 Å². The van der Waals surface area contributed by atoms with Crippen molar-refractivity contribution in [1.82, 2.24) is 10.2 Å². The highest BCUT2D eigenvalue weighted by Crippen LogP contribution is 2.42. The van der Waals surface area contributed by atoms with Crippen LogP contribution >= 0.6 is 11.8 Å². The van der Waals surface area contributed by atoms with Gasteiger partial charge in [-0.15, -0.1) is 0 Å². The Morgan fingerprint density at radius 1 is 1.23 bits per heavy atom. The van der Waals surface area contributed by atoms with Gasteiger partial charge in [0.05, 0.1) is 0 Å². The normalized spacial score (nSPS) is 18.4. The van der Waals surface area contributed by atoms with Crippen LogP contribution in [0.5, 0.6) is 0 Å². The molecule has 0 bridgehead atoms. The third-order valence-electron chi connectivity index (χ3n) is 3.73. The quantitative estimate of drug-likeness (QED) is 0.784. The maximum atomic E-state index is 12.8. The number of nitrogens with one attached hydrogen (secondary N) is 1. The van der Waals surface area contributed by atoms with Crippen molar-refractivity contribution < 1.29 is 18.3 Å². The van der Waals surface area contributed by atoms with Gasteiger partial charge in [-0.25, -0.2) is 0 Å². The molecule has 1 fully saturated rings. The topological polar surface area (TPSA) is 35.5 Å². The first-order valence-electron chi connectivity index (χ1n) is 7.41. The Bertz CT molecular complexity index is 464. The Hall–Kier alpha value is -0.760. The molecule has 1 aromatic carbocycles. The molecular weight excluding hydrogens is 313 g/mol. The van der Waals surface area contributed by atoms with Gasteiger partial charge in [-0.3, -0.25) is 4.90 Å². The van der Waals surface area contributed by atoms with Gasteiger partial charge in [-0.1, -0.05) is 18.2 Å². The predicted molar refractivity (Wildman–Crippen MR) is 81.9 cm³/mol. The molecule has 0 radical (unpaired) electrons. The summed E-state index contributed by atoms with van der Waals surface area (Å²) in [6.45, 7) is 3.34. The van der Waals surface area contributed by atoms with Crippen LogP contribution in [0.15, 0.2) is 29.2 Å². The number of halogens is 3. The van der Waals surface area contributed by atoms with Gasteiger partial charge in [0.2, 0.25) is 0 Å². The predicted octanol–water partition coefficient (Wildman–Crippen LogP) is 3.02. The van der Waals surface area contributed by atoms with E-state index in [1.54, 1.807) is 18.2 Å².